The molecule has 1 aliphatic rings. The number of amides is 1. The molecule has 1 atom stereocenters. The van der Waals surface area contributed by atoms with Crippen LogP contribution in [-0.2, 0) is 4.79 Å². The summed E-state index contributed by atoms with van der Waals surface area (Å²) in [7, 11) is 0. The summed E-state index contributed by atoms with van der Waals surface area (Å²) in [6, 6.07) is 2.44. The predicted octanol–water partition coefficient (Wildman–Crippen LogP) is 2.55. The van der Waals surface area contributed by atoms with E-state index in [9.17, 15) is 9.59 Å². The van der Waals surface area contributed by atoms with E-state index < -0.39 is 12.0 Å². The fourth-order valence-corrected chi connectivity index (χ4v) is 2.58. The van der Waals surface area contributed by atoms with Gasteiger partial charge in [0.25, 0.3) is 5.91 Å². The molecule has 1 aliphatic heterocycles. The van der Waals surface area contributed by atoms with Crippen molar-refractivity contribution in [2.24, 2.45) is 0 Å². The van der Waals surface area contributed by atoms with Crippen LogP contribution in [0.1, 0.15) is 48.7 Å². The third-order valence-corrected chi connectivity index (χ3v) is 3.64. The van der Waals surface area contributed by atoms with Crippen LogP contribution >= 0.6 is 11.6 Å². The van der Waals surface area contributed by atoms with Crippen LogP contribution < -0.4 is 0 Å². The average Bonchev–Trinajstić information content (AvgIpc) is 2.86. The molecule has 5 nitrogen and oxygen atoms in total. The molecule has 1 N–H and O–H groups in total. The van der Waals surface area contributed by atoms with E-state index in [4.69, 9.17) is 16.7 Å². The Kier molecular flexibility index (Phi) is 4.28. The highest BCUT2D eigenvalue weighted by Gasteiger charge is 2.34. The van der Waals surface area contributed by atoms with Crippen LogP contribution in [0.3, 0.4) is 0 Å². The topological polar surface area (TPSA) is 70.5 Å². The summed E-state index contributed by atoms with van der Waals surface area (Å²) in [6.07, 6.45) is 1.20. The first kappa shape index (κ1) is 14.8. The largest absolute Gasteiger partial charge is 0.480 e. The maximum Gasteiger partial charge on any atom is 0.326 e. The van der Waals surface area contributed by atoms with Gasteiger partial charge in [-0.2, -0.15) is 0 Å². The third kappa shape index (κ3) is 2.93. The van der Waals surface area contributed by atoms with Crippen LogP contribution in [0.2, 0.25) is 5.15 Å². The zero-order chi connectivity index (χ0) is 14.9. The van der Waals surface area contributed by atoms with Crippen molar-refractivity contribution >= 4 is 23.5 Å². The van der Waals surface area contributed by atoms with Gasteiger partial charge in [-0.15, -0.1) is 0 Å². The minimum absolute atomic E-state index is 0.147. The second-order valence-electron chi connectivity index (χ2n) is 5.25. The van der Waals surface area contributed by atoms with Gasteiger partial charge in [-0.1, -0.05) is 25.4 Å². The molecule has 108 valence electrons. The van der Waals surface area contributed by atoms with Gasteiger partial charge >= 0.3 is 5.97 Å². The molecule has 2 rings (SSSR count). The lowest BCUT2D eigenvalue weighted by atomic mass is 10.1. The fourth-order valence-electron chi connectivity index (χ4n) is 2.37. The summed E-state index contributed by atoms with van der Waals surface area (Å²) in [5, 5.41) is 9.40. The Hall–Kier alpha value is -1.62. The lowest BCUT2D eigenvalue weighted by molar-refractivity contribution is -0.141. The van der Waals surface area contributed by atoms with Crippen molar-refractivity contribution in [3.05, 3.63) is 28.5 Å². The molecular formula is C14H17ClN2O3. The first-order valence-corrected chi connectivity index (χ1v) is 6.99. The summed E-state index contributed by atoms with van der Waals surface area (Å²) in [5.74, 6) is -1.10. The minimum atomic E-state index is -0.958. The van der Waals surface area contributed by atoms with Crippen LogP contribution in [0.5, 0.6) is 0 Å². The van der Waals surface area contributed by atoms with E-state index in [0.29, 0.717) is 24.9 Å². The second kappa shape index (κ2) is 5.79. The maximum absolute atomic E-state index is 12.5. The van der Waals surface area contributed by atoms with Crippen LogP contribution in [0, 0.1) is 0 Å². The zero-order valence-corrected chi connectivity index (χ0v) is 12.2. The van der Waals surface area contributed by atoms with Gasteiger partial charge in [0.05, 0.1) is 0 Å². The first-order valence-electron chi connectivity index (χ1n) is 6.61. The molecule has 0 unspecified atom stereocenters. The smallest absolute Gasteiger partial charge is 0.326 e. The fraction of sp³-hybridized carbons (Fsp3) is 0.500. The van der Waals surface area contributed by atoms with E-state index in [2.05, 4.69) is 4.98 Å². The number of halogens is 1. The molecule has 1 fully saturated rings. The van der Waals surface area contributed by atoms with Gasteiger partial charge in [0, 0.05) is 17.8 Å². The quantitative estimate of drug-likeness (QED) is 0.870. The molecule has 1 saturated heterocycles. The number of pyridine rings is 1. The van der Waals surface area contributed by atoms with Crippen molar-refractivity contribution in [2.45, 2.75) is 38.6 Å². The summed E-state index contributed by atoms with van der Waals surface area (Å²) in [4.78, 5) is 29.2. The Morgan fingerprint density at radius 3 is 2.75 bits per heavy atom. The van der Waals surface area contributed by atoms with Gasteiger partial charge in [0.2, 0.25) is 0 Å². The van der Waals surface area contributed by atoms with Crippen molar-refractivity contribution in [3.63, 3.8) is 0 Å². The summed E-state index contributed by atoms with van der Waals surface area (Å²) >= 11 is 5.95. The van der Waals surface area contributed by atoms with E-state index in [1.54, 1.807) is 6.07 Å². The number of aliphatic carboxylic acids is 1. The molecule has 1 amide bonds. The van der Waals surface area contributed by atoms with Gasteiger partial charge in [-0.25, -0.2) is 9.78 Å². The van der Waals surface area contributed by atoms with Crippen LogP contribution in [0.4, 0.5) is 0 Å². The molecule has 0 spiro atoms. The van der Waals surface area contributed by atoms with E-state index in [1.807, 2.05) is 13.8 Å². The Morgan fingerprint density at radius 1 is 1.45 bits per heavy atom. The number of carboxylic acids is 1. The number of hydrogen-bond donors (Lipinski definition) is 1. The van der Waals surface area contributed by atoms with E-state index in [-0.39, 0.29) is 17.0 Å². The number of carbonyl (C=O) groups is 2. The van der Waals surface area contributed by atoms with Crippen molar-refractivity contribution in [1.29, 1.82) is 0 Å². The van der Waals surface area contributed by atoms with E-state index in [1.165, 1.54) is 11.0 Å². The molecule has 6 heteroatoms. The van der Waals surface area contributed by atoms with E-state index in [0.717, 1.165) is 5.69 Å². The number of likely N-dealkylation sites (tertiary alicyclic amines) is 1. The van der Waals surface area contributed by atoms with Gasteiger partial charge in [0.15, 0.2) is 0 Å². The highest BCUT2D eigenvalue weighted by Crippen LogP contribution is 2.23. The number of aromatic nitrogens is 1. The van der Waals surface area contributed by atoms with Gasteiger partial charge < -0.3 is 10.0 Å². The van der Waals surface area contributed by atoms with Crippen molar-refractivity contribution < 1.29 is 14.7 Å². The number of carboxylic acid groups (broad SMARTS) is 1. The normalized spacial score (nSPS) is 18.6. The Labute approximate surface area is 122 Å². The van der Waals surface area contributed by atoms with Gasteiger partial charge in [-0.05, 0) is 30.9 Å². The molecule has 20 heavy (non-hydrogen) atoms. The van der Waals surface area contributed by atoms with Gasteiger partial charge in [-0.3, -0.25) is 4.79 Å². The standard InChI is InChI=1S/C14H17ClN2O3/c1-8(2)10-6-9(7-12(15)16-10)13(18)17-5-3-4-11(17)14(19)20/h6-8,11H,3-5H2,1-2H3,(H,19,20)/t11-/m1/s1. The number of nitrogens with zero attached hydrogens (tertiary/aromatic N) is 2. The Bertz CT molecular complexity index is 545. The summed E-state index contributed by atoms with van der Waals surface area (Å²) < 4.78 is 0. The molecular weight excluding hydrogens is 280 g/mol. The van der Waals surface area contributed by atoms with Crippen molar-refractivity contribution in [2.75, 3.05) is 6.54 Å². The monoisotopic (exact) mass is 296 g/mol. The van der Waals surface area contributed by atoms with Crippen molar-refractivity contribution in [1.82, 2.24) is 9.88 Å². The zero-order valence-electron chi connectivity index (χ0n) is 11.5. The predicted molar refractivity (Wildman–Crippen MR) is 75.0 cm³/mol. The first-order chi connectivity index (χ1) is 9.40. The summed E-state index contributed by atoms with van der Waals surface area (Å²) in [5.41, 5.74) is 1.13. The van der Waals surface area contributed by atoms with Gasteiger partial charge in [0.1, 0.15) is 11.2 Å². The number of hydrogen-bond acceptors (Lipinski definition) is 3. The van der Waals surface area contributed by atoms with Crippen LogP contribution in [0.25, 0.3) is 0 Å². The minimum Gasteiger partial charge on any atom is -0.480 e. The molecule has 0 aliphatic carbocycles. The van der Waals surface area contributed by atoms with Crippen molar-refractivity contribution in [3.8, 4) is 0 Å². The Balaban J connectivity index is 2.31. The molecule has 0 saturated carbocycles. The molecule has 0 radical (unpaired) electrons. The molecule has 1 aromatic rings. The maximum atomic E-state index is 12.5. The number of rotatable bonds is 3. The van der Waals surface area contributed by atoms with Crippen LogP contribution in [0.15, 0.2) is 12.1 Å². The highest BCUT2D eigenvalue weighted by molar-refractivity contribution is 6.29. The highest BCUT2D eigenvalue weighted by atomic mass is 35.5. The molecule has 2 heterocycles. The molecule has 1 aromatic heterocycles. The molecule has 0 bridgehead atoms. The SMILES string of the molecule is CC(C)c1cc(C(=O)N2CCC[C@@H]2C(=O)O)cc(Cl)n1. The second-order valence-corrected chi connectivity index (χ2v) is 5.64. The Morgan fingerprint density at radius 2 is 2.15 bits per heavy atom. The number of carbonyl (C=O) groups excluding carboxylic acids is 1. The lowest BCUT2D eigenvalue weighted by Crippen LogP contribution is -2.40. The van der Waals surface area contributed by atoms with E-state index >= 15 is 0 Å². The third-order valence-electron chi connectivity index (χ3n) is 3.45. The summed E-state index contributed by atoms with van der Waals surface area (Å²) in [6.45, 7) is 4.39. The lowest BCUT2D eigenvalue weighted by Gasteiger charge is -2.22. The average molecular weight is 297 g/mol. The van der Waals surface area contributed by atoms with Crippen LogP contribution in [-0.4, -0.2) is 39.5 Å². The molecule has 0 aromatic carbocycles.